The van der Waals surface area contributed by atoms with Crippen LogP contribution in [0.4, 0.5) is 0 Å². The first kappa shape index (κ1) is 17.0. The quantitative estimate of drug-likeness (QED) is 0.667. The van der Waals surface area contributed by atoms with Crippen LogP contribution < -0.4 is 10.4 Å². The third-order valence-corrected chi connectivity index (χ3v) is 3.82. The lowest BCUT2D eigenvalue weighted by Gasteiger charge is -2.15. The van der Waals surface area contributed by atoms with E-state index in [0.717, 1.165) is 5.75 Å². The van der Waals surface area contributed by atoms with Crippen molar-refractivity contribution in [3.05, 3.63) is 34.9 Å². The van der Waals surface area contributed by atoms with Crippen LogP contribution in [0.5, 0.6) is 0 Å². The van der Waals surface area contributed by atoms with Gasteiger partial charge in [0.1, 0.15) is 6.04 Å². The molecule has 1 aromatic carbocycles. The molecular weight excluding hydrogens is 298 g/mol. The van der Waals surface area contributed by atoms with Gasteiger partial charge in [-0.05, 0) is 36.3 Å². The molecule has 0 heterocycles. The SMILES string of the molecule is CSCCC([NH2+]CCC(=O)c1ccc(Cl)cc1)C(=O)[O-]. The Morgan fingerprint density at radius 1 is 1.35 bits per heavy atom. The lowest BCUT2D eigenvalue weighted by Crippen LogP contribution is -2.93. The highest BCUT2D eigenvalue weighted by molar-refractivity contribution is 7.98. The fraction of sp³-hybridized carbons (Fsp3) is 0.429. The van der Waals surface area contributed by atoms with Gasteiger partial charge in [-0.3, -0.25) is 4.79 Å². The maximum absolute atomic E-state index is 11.9. The third kappa shape index (κ3) is 5.94. The van der Waals surface area contributed by atoms with Crippen LogP contribution in [0, 0.1) is 0 Å². The van der Waals surface area contributed by atoms with Crippen LogP contribution in [0.15, 0.2) is 24.3 Å². The van der Waals surface area contributed by atoms with E-state index in [0.29, 0.717) is 30.0 Å². The van der Waals surface area contributed by atoms with Gasteiger partial charge in [0, 0.05) is 17.0 Å². The van der Waals surface area contributed by atoms with Gasteiger partial charge in [-0.15, -0.1) is 0 Å². The minimum Gasteiger partial charge on any atom is -0.544 e. The number of carbonyl (C=O) groups excluding carboxylic acids is 2. The highest BCUT2D eigenvalue weighted by Crippen LogP contribution is 2.10. The summed E-state index contributed by atoms with van der Waals surface area (Å²) in [5.41, 5.74) is 0.594. The van der Waals surface area contributed by atoms with Crippen molar-refractivity contribution in [2.75, 3.05) is 18.6 Å². The Morgan fingerprint density at radius 2 is 2.00 bits per heavy atom. The number of carbonyl (C=O) groups is 2. The van der Waals surface area contributed by atoms with Crippen molar-refractivity contribution >= 4 is 35.1 Å². The minimum absolute atomic E-state index is 0.0140. The molecule has 0 aromatic heterocycles. The molecule has 4 nitrogen and oxygen atoms in total. The Labute approximate surface area is 127 Å². The average Bonchev–Trinajstić information content (AvgIpc) is 2.42. The number of carboxylic acid groups (broad SMARTS) is 1. The highest BCUT2D eigenvalue weighted by atomic mass is 35.5. The van der Waals surface area contributed by atoms with Gasteiger partial charge in [-0.1, -0.05) is 11.6 Å². The van der Waals surface area contributed by atoms with E-state index >= 15 is 0 Å². The smallest absolute Gasteiger partial charge is 0.168 e. The van der Waals surface area contributed by atoms with Crippen molar-refractivity contribution in [2.45, 2.75) is 18.9 Å². The number of quaternary nitrogens is 1. The molecule has 0 saturated carbocycles. The number of rotatable bonds is 9. The molecule has 1 atom stereocenters. The van der Waals surface area contributed by atoms with Gasteiger partial charge < -0.3 is 15.2 Å². The predicted molar refractivity (Wildman–Crippen MR) is 79.0 cm³/mol. The molecule has 1 unspecified atom stereocenters. The van der Waals surface area contributed by atoms with Gasteiger partial charge in [0.25, 0.3) is 0 Å². The van der Waals surface area contributed by atoms with Crippen LogP contribution >= 0.6 is 23.4 Å². The standard InChI is InChI=1S/C14H18ClNO3S/c1-20-9-7-12(14(18)19)16-8-6-13(17)10-2-4-11(15)5-3-10/h2-5,12,16H,6-9H2,1H3,(H,18,19). The number of hydrogen-bond acceptors (Lipinski definition) is 4. The zero-order chi connectivity index (χ0) is 15.0. The molecule has 2 N–H and O–H groups in total. The van der Waals surface area contributed by atoms with E-state index in [1.807, 2.05) is 6.26 Å². The number of benzene rings is 1. The number of carboxylic acids is 1. The number of aliphatic carboxylic acids is 1. The molecule has 1 rings (SSSR count). The van der Waals surface area contributed by atoms with Gasteiger partial charge in [-0.25, -0.2) is 0 Å². The van der Waals surface area contributed by atoms with Gasteiger partial charge in [0.2, 0.25) is 0 Å². The second-order valence-corrected chi connectivity index (χ2v) is 5.83. The van der Waals surface area contributed by atoms with Crippen LogP contribution in [-0.2, 0) is 4.79 Å². The second kappa shape index (κ2) is 9.00. The maximum atomic E-state index is 11.9. The Bertz CT molecular complexity index is 450. The molecule has 0 aliphatic rings. The van der Waals surface area contributed by atoms with E-state index in [4.69, 9.17) is 11.6 Å². The summed E-state index contributed by atoms with van der Waals surface area (Å²) in [4.78, 5) is 22.8. The Kier molecular flexibility index (Phi) is 7.65. The van der Waals surface area contributed by atoms with Crippen molar-refractivity contribution in [3.63, 3.8) is 0 Å². The summed E-state index contributed by atoms with van der Waals surface area (Å²) < 4.78 is 0. The molecular formula is C14H18ClNO3S. The first-order chi connectivity index (χ1) is 9.54. The Morgan fingerprint density at radius 3 is 2.55 bits per heavy atom. The van der Waals surface area contributed by atoms with Gasteiger partial charge in [0.05, 0.1) is 18.9 Å². The summed E-state index contributed by atoms with van der Waals surface area (Å²) in [6, 6.07) is 6.10. The number of Topliss-reactive ketones (excluding diaryl/α,β-unsaturated/α-hetero) is 1. The van der Waals surface area contributed by atoms with Gasteiger partial charge >= 0.3 is 0 Å². The molecule has 0 aliphatic heterocycles. The summed E-state index contributed by atoms with van der Waals surface area (Å²) in [6.45, 7) is 0.439. The van der Waals surface area contributed by atoms with E-state index in [1.54, 1.807) is 41.3 Å². The van der Waals surface area contributed by atoms with Crippen LogP contribution in [-0.4, -0.2) is 36.3 Å². The summed E-state index contributed by atoms with van der Waals surface area (Å²) in [7, 11) is 0. The topological polar surface area (TPSA) is 73.8 Å². The fourth-order valence-corrected chi connectivity index (χ4v) is 2.39. The van der Waals surface area contributed by atoms with Crippen LogP contribution in [0.2, 0.25) is 5.02 Å². The monoisotopic (exact) mass is 315 g/mol. The highest BCUT2D eigenvalue weighted by Gasteiger charge is 2.14. The summed E-state index contributed by atoms with van der Waals surface area (Å²) in [6.07, 6.45) is 2.76. The molecule has 0 radical (unpaired) electrons. The van der Waals surface area contributed by atoms with Gasteiger partial charge in [-0.2, -0.15) is 11.8 Å². The maximum Gasteiger partial charge on any atom is 0.168 e. The van der Waals surface area contributed by atoms with Crippen molar-refractivity contribution < 1.29 is 20.0 Å². The molecule has 0 fully saturated rings. The molecule has 6 heteroatoms. The number of nitrogens with two attached hydrogens (primary N) is 1. The third-order valence-electron chi connectivity index (χ3n) is 2.92. The molecule has 0 amide bonds. The zero-order valence-corrected chi connectivity index (χ0v) is 12.9. The molecule has 0 saturated heterocycles. The molecule has 110 valence electrons. The summed E-state index contributed by atoms with van der Waals surface area (Å²) >= 11 is 7.35. The summed E-state index contributed by atoms with van der Waals surface area (Å²) in [5, 5.41) is 13.2. The van der Waals surface area contributed by atoms with E-state index in [2.05, 4.69) is 0 Å². The first-order valence-electron chi connectivity index (χ1n) is 6.36. The molecule has 0 aliphatic carbocycles. The van der Waals surface area contributed by atoms with Crippen molar-refractivity contribution in [1.29, 1.82) is 0 Å². The zero-order valence-electron chi connectivity index (χ0n) is 11.3. The minimum atomic E-state index is -1.07. The molecule has 1 aromatic rings. The summed E-state index contributed by atoms with van der Waals surface area (Å²) in [5.74, 6) is -0.321. The van der Waals surface area contributed by atoms with Crippen LogP contribution in [0.3, 0.4) is 0 Å². The first-order valence-corrected chi connectivity index (χ1v) is 8.13. The molecule has 0 bridgehead atoms. The average molecular weight is 316 g/mol. The van der Waals surface area contributed by atoms with Crippen molar-refractivity contribution in [3.8, 4) is 0 Å². The Balaban J connectivity index is 2.40. The fourth-order valence-electron chi connectivity index (χ4n) is 1.77. The van der Waals surface area contributed by atoms with Crippen LogP contribution in [0.25, 0.3) is 0 Å². The van der Waals surface area contributed by atoms with E-state index < -0.39 is 12.0 Å². The van der Waals surface area contributed by atoms with Crippen molar-refractivity contribution in [1.82, 2.24) is 0 Å². The predicted octanol–water partition coefficient (Wildman–Crippen LogP) is 0.348. The lowest BCUT2D eigenvalue weighted by atomic mass is 10.1. The van der Waals surface area contributed by atoms with Crippen molar-refractivity contribution in [2.24, 2.45) is 0 Å². The molecule has 20 heavy (non-hydrogen) atoms. The molecule has 0 spiro atoms. The van der Waals surface area contributed by atoms with E-state index in [-0.39, 0.29) is 5.78 Å². The largest absolute Gasteiger partial charge is 0.544 e. The number of halogens is 1. The number of ketones is 1. The lowest BCUT2D eigenvalue weighted by molar-refractivity contribution is -0.682. The second-order valence-electron chi connectivity index (χ2n) is 4.41. The Hall–Kier alpha value is -1.04. The normalized spacial score (nSPS) is 12.1. The van der Waals surface area contributed by atoms with Crippen LogP contribution in [0.1, 0.15) is 23.2 Å². The van der Waals surface area contributed by atoms with Gasteiger partial charge in [0.15, 0.2) is 5.78 Å². The van der Waals surface area contributed by atoms with E-state index in [9.17, 15) is 14.7 Å². The van der Waals surface area contributed by atoms with E-state index in [1.165, 1.54) is 0 Å². The number of thioether (sulfide) groups is 1. The number of hydrogen-bond donors (Lipinski definition) is 1.